The van der Waals surface area contributed by atoms with Gasteiger partial charge < -0.3 is 14.5 Å². The number of hydrogen-bond acceptors (Lipinski definition) is 6. The zero-order valence-electron chi connectivity index (χ0n) is 14.4. The number of nitrogens with one attached hydrogen (secondary N) is 1. The Morgan fingerprint density at radius 2 is 1.93 bits per heavy atom. The smallest absolute Gasteiger partial charge is 0.277 e. The first kappa shape index (κ1) is 18.8. The van der Waals surface area contributed by atoms with Gasteiger partial charge >= 0.3 is 0 Å². The number of benzene rings is 2. The van der Waals surface area contributed by atoms with Gasteiger partial charge in [0.25, 0.3) is 5.22 Å². The van der Waals surface area contributed by atoms with Gasteiger partial charge in [-0.15, -0.1) is 10.2 Å². The standard InChI is InChI=1S/C18H15F2N3O3S/c1-10(16(24)21-15-9-12(19)5-8-14(15)20)27-18-23-22-17(26-18)11-3-6-13(25-2)7-4-11/h3-10H,1-2H3,(H,21,24)/t10-/m1/s1. The van der Waals surface area contributed by atoms with Gasteiger partial charge in [0.05, 0.1) is 18.0 Å². The molecule has 0 bridgehead atoms. The van der Waals surface area contributed by atoms with Crippen LogP contribution >= 0.6 is 11.8 Å². The summed E-state index contributed by atoms with van der Waals surface area (Å²) in [5.74, 6) is -0.894. The van der Waals surface area contributed by atoms with E-state index in [1.54, 1.807) is 38.3 Å². The third-order valence-corrected chi connectivity index (χ3v) is 4.51. The van der Waals surface area contributed by atoms with Gasteiger partial charge in [-0.1, -0.05) is 11.8 Å². The molecule has 0 saturated carbocycles. The number of anilines is 1. The van der Waals surface area contributed by atoms with E-state index in [0.717, 1.165) is 30.0 Å². The summed E-state index contributed by atoms with van der Waals surface area (Å²) in [7, 11) is 1.57. The molecule has 0 aliphatic heterocycles. The number of amides is 1. The first-order valence-corrected chi connectivity index (χ1v) is 8.74. The third-order valence-electron chi connectivity index (χ3n) is 3.58. The molecule has 0 fully saturated rings. The minimum Gasteiger partial charge on any atom is -0.497 e. The summed E-state index contributed by atoms with van der Waals surface area (Å²) >= 11 is 1.01. The average molecular weight is 391 g/mol. The van der Waals surface area contributed by atoms with Gasteiger partial charge in [-0.25, -0.2) is 8.78 Å². The largest absolute Gasteiger partial charge is 0.497 e. The lowest BCUT2D eigenvalue weighted by atomic mass is 10.2. The average Bonchev–Trinajstić information content (AvgIpc) is 3.13. The minimum absolute atomic E-state index is 0.184. The Kier molecular flexibility index (Phi) is 5.70. The van der Waals surface area contributed by atoms with E-state index in [0.29, 0.717) is 17.2 Å². The Morgan fingerprint density at radius 1 is 1.19 bits per heavy atom. The van der Waals surface area contributed by atoms with E-state index in [2.05, 4.69) is 15.5 Å². The van der Waals surface area contributed by atoms with E-state index in [4.69, 9.17) is 9.15 Å². The number of nitrogens with zero attached hydrogens (tertiary/aromatic N) is 2. The van der Waals surface area contributed by atoms with Crippen molar-refractivity contribution in [1.82, 2.24) is 10.2 Å². The maximum Gasteiger partial charge on any atom is 0.277 e. The molecule has 0 saturated heterocycles. The summed E-state index contributed by atoms with van der Waals surface area (Å²) in [5, 5.41) is 9.70. The van der Waals surface area contributed by atoms with E-state index < -0.39 is 22.8 Å². The molecule has 27 heavy (non-hydrogen) atoms. The van der Waals surface area contributed by atoms with Crippen LogP contribution in [0, 0.1) is 11.6 Å². The molecule has 1 amide bonds. The Hall–Kier alpha value is -2.94. The van der Waals surface area contributed by atoms with Crippen molar-refractivity contribution in [2.45, 2.75) is 17.4 Å². The van der Waals surface area contributed by atoms with Gasteiger partial charge in [-0.2, -0.15) is 0 Å². The zero-order valence-corrected chi connectivity index (χ0v) is 15.2. The van der Waals surface area contributed by atoms with Crippen LogP contribution in [0.3, 0.4) is 0 Å². The minimum atomic E-state index is -0.721. The van der Waals surface area contributed by atoms with Gasteiger partial charge in [-0.05, 0) is 43.3 Å². The molecule has 0 aliphatic rings. The molecule has 1 atom stereocenters. The normalized spacial score (nSPS) is 11.9. The van der Waals surface area contributed by atoms with Gasteiger partial charge in [0, 0.05) is 11.6 Å². The summed E-state index contributed by atoms with van der Waals surface area (Å²) in [6.07, 6.45) is 0. The molecule has 0 aliphatic carbocycles. The number of thioether (sulfide) groups is 1. The van der Waals surface area contributed by atoms with E-state index in [9.17, 15) is 13.6 Å². The fraction of sp³-hybridized carbons (Fsp3) is 0.167. The van der Waals surface area contributed by atoms with Crippen LogP contribution in [0.2, 0.25) is 0 Å². The summed E-state index contributed by atoms with van der Waals surface area (Å²) in [6, 6.07) is 9.89. The Labute approximate surface area is 157 Å². The van der Waals surface area contributed by atoms with Crippen LogP contribution in [0.5, 0.6) is 5.75 Å². The van der Waals surface area contributed by atoms with Gasteiger partial charge in [0.15, 0.2) is 0 Å². The van der Waals surface area contributed by atoms with Crippen molar-refractivity contribution in [3.8, 4) is 17.2 Å². The second-order valence-corrected chi connectivity index (χ2v) is 6.77. The molecular weight excluding hydrogens is 376 g/mol. The molecule has 3 rings (SSSR count). The number of carbonyl (C=O) groups is 1. The lowest BCUT2D eigenvalue weighted by molar-refractivity contribution is -0.115. The highest BCUT2D eigenvalue weighted by Gasteiger charge is 2.20. The Bertz CT molecular complexity index is 947. The number of ether oxygens (including phenoxy) is 1. The van der Waals surface area contributed by atoms with Crippen molar-refractivity contribution in [1.29, 1.82) is 0 Å². The molecule has 0 unspecified atom stereocenters. The van der Waals surface area contributed by atoms with Gasteiger partial charge in [0.1, 0.15) is 17.4 Å². The molecule has 0 radical (unpaired) electrons. The van der Waals surface area contributed by atoms with Gasteiger partial charge in [0.2, 0.25) is 11.8 Å². The van der Waals surface area contributed by atoms with Crippen LogP contribution in [0.25, 0.3) is 11.5 Å². The second kappa shape index (κ2) is 8.17. The lowest BCUT2D eigenvalue weighted by Crippen LogP contribution is -2.23. The maximum absolute atomic E-state index is 13.6. The van der Waals surface area contributed by atoms with Crippen molar-refractivity contribution >= 4 is 23.4 Å². The molecule has 6 nitrogen and oxygen atoms in total. The number of rotatable bonds is 6. The van der Waals surface area contributed by atoms with Crippen molar-refractivity contribution in [2.75, 3.05) is 12.4 Å². The number of hydrogen-bond donors (Lipinski definition) is 1. The van der Waals surface area contributed by atoms with Crippen molar-refractivity contribution < 1.29 is 22.7 Å². The first-order valence-electron chi connectivity index (χ1n) is 7.87. The molecule has 2 aromatic carbocycles. The van der Waals surface area contributed by atoms with Crippen LogP contribution in [-0.4, -0.2) is 28.5 Å². The Balaban J connectivity index is 1.65. The van der Waals surface area contributed by atoms with Crippen molar-refractivity contribution in [3.63, 3.8) is 0 Å². The molecule has 9 heteroatoms. The quantitative estimate of drug-likeness (QED) is 0.637. The molecule has 1 heterocycles. The molecule has 0 spiro atoms. The highest BCUT2D eigenvalue weighted by atomic mass is 32.2. The third kappa shape index (κ3) is 4.62. The van der Waals surface area contributed by atoms with E-state index in [-0.39, 0.29) is 10.9 Å². The van der Waals surface area contributed by atoms with Crippen molar-refractivity contribution in [2.24, 2.45) is 0 Å². The summed E-state index contributed by atoms with van der Waals surface area (Å²) in [5.41, 5.74) is 0.478. The predicted molar refractivity (Wildman–Crippen MR) is 96.6 cm³/mol. The van der Waals surface area contributed by atoms with E-state index in [1.807, 2.05) is 0 Å². The summed E-state index contributed by atoms with van der Waals surface area (Å²) in [4.78, 5) is 12.2. The van der Waals surface area contributed by atoms with Crippen LogP contribution in [-0.2, 0) is 4.79 Å². The number of methoxy groups -OCH3 is 1. The SMILES string of the molecule is COc1ccc(-c2nnc(S[C@H](C)C(=O)Nc3cc(F)ccc3F)o2)cc1. The predicted octanol–water partition coefficient (Wildman–Crippen LogP) is 4.14. The molecule has 1 N–H and O–H groups in total. The van der Waals surface area contributed by atoms with E-state index in [1.165, 1.54) is 0 Å². The molecule has 1 aromatic heterocycles. The fourth-order valence-electron chi connectivity index (χ4n) is 2.14. The van der Waals surface area contributed by atoms with Crippen LogP contribution in [0.15, 0.2) is 52.1 Å². The number of aromatic nitrogens is 2. The second-order valence-electron chi connectivity index (χ2n) is 5.48. The van der Waals surface area contributed by atoms with Crippen LogP contribution in [0.4, 0.5) is 14.5 Å². The summed E-state index contributed by atoms with van der Waals surface area (Å²) < 4.78 is 37.5. The van der Waals surface area contributed by atoms with Crippen LogP contribution in [0.1, 0.15) is 6.92 Å². The maximum atomic E-state index is 13.6. The highest BCUT2D eigenvalue weighted by molar-refractivity contribution is 8.00. The van der Waals surface area contributed by atoms with Crippen molar-refractivity contribution in [3.05, 3.63) is 54.1 Å². The molecule has 140 valence electrons. The topological polar surface area (TPSA) is 77.2 Å². The van der Waals surface area contributed by atoms with Gasteiger partial charge in [-0.3, -0.25) is 4.79 Å². The Morgan fingerprint density at radius 3 is 2.63 bits per heavy atom. The number of carbonyl (C=O) groups excluding carboxylic acids is 1. The zero-order chi connectivity index (χ0) is 19.4. The fourth-order valence-corrected chi connectivity index (χ4v) is 2.82. The van der Waals surface area contributed by atoms with Crippen LogP contribution < -0.4 is 10.1 Å². The number of halogens is 2. The highest BCUT2D eigenvalue weighted by Crippen LogP contribution is 2.28. The molecular formula is C18H15F2N3O3S. The lowest BCUT2D eigenvalue weighted by Gasteiger charge is -2.10. The summed E-state index contributed by atoms with van der Waals surface area (Å²) in [6.45, 7) is 1.59. The monoisotopic (exact) mass is 391 g/mol. The molecule has 3 aromatic rings. The first-order chi connectivity index (χ1) is 13.0. The van der Waals surface area contributed by atoms with E-state index >= 15 is 0 Å².